The fourth-order valence-corrected chi connectivity index (χ4v) is 3.99. The van der Waals surface area contributed by atoms with Crippen LogP contribution in [-0.4, -0.2) is 4.98 Å². The van der Waals surface area contributed by atoms with Crippen LogP contribution in [0.25, 0.3) is 0 Å². The second kappa shape index (κ2) is 5.06. The van der Waals surface area contributed by atoms with Crippen molar-refractivity contribution in [3.8, 4) is 0 Å². The summed E-state index contributed by atoms with van der Waals surface area (Å²) in [5.74, 6) is 0. The van der Waals surface area contributed by atoms with Gasteiger partial charge >= 0.3 is 0 Å². The SMILES string of the molecule is Cc1ccc(C(N)c2nc3c(s2)CCCC3)c(C)c1. The largest absolute Gasteiger partial charge is 0.318 e. The third-order valence-electron chi connectivity index (χ3n) is 3.89. The van der Waals surface area contributed by atoms with Gasteiger partial charge in [0.05, 0.1) is 11.7 Å². The van der Waals surface area contributed by atoms with Gasteiger partial charge < -0.3 is 5.73 Å². The molecule has 0 bridgehead atoms. The molecule has 3 heteroatoms. The summed E-state index contributed by atoms with van der Waals surface area (Å²) in [7, 11) is 0. The average molecular weight is 272 g/mol. The lowest BCUT2D eigenvalue weighted by Gasteiger charge is -2.12. The van der Waals surface area contributed by atoms with E-state index < -0.39 is 0 Å². The normalized spacial score (nSPS) is 16.2. The number of benzene rings is 1. The van der Waals surface area contributed by atoms with Crippen LogP contribution in [0.2, 0.25) is 0 Å². The van der Waals surface area contributed by atoms with Crippen LogP contribution in [0.3, 0.4) is 0 Å². The summed E-state index contributed by atoms with van der Waals surface area (Å²) in [4.78, 5) is 6.24. The van der Waals surface area contributed by atoms with Crippen molar-refractivity contribution in [3.63, 3.8) is 0 Å². The Balaban J connectivity index is 1.94. The van der Waals surface area contributed by atoms with E-state index in [1.54, 1.807) is 0 Å². The number of hydrogen-bond acceptors (Lipinski definition) is 3. The molecule has 1 unspecified atom stereocenters. The van der Waals surface area contributed by atoms with Crippen LogP contribution >= 0.6 is 11.3 Å². The summed E-state index contributed by atoms with van der Waals surface area (Å²) in [6, 6.07) is 6.41. The van der Waals surface area contributed by atoms with Gasteiger partial charge in [-0.1, -0.05) is 23.8 Å². The van der Waals surface area contributed by atoms with Gasteiger partial charge in [0.2, 0.25) is 0 Å². The van der Waals surface area contributed by atoms with Gasteiger partial charge in [-0.05, 0) is 50.7 Å². The van der Waals surface area contributed by atoms with Gasteiger partial charge in [-0.3, -0.25) is 0 Å². The smallest absolute Gasteiger partial charge is 0.114 e. The summed E-state index contributed by atoms with van der Waals surface area (Å²) >= 11 is 1.82. The van der Waals surface area contributed by atoms with Crippen molar-refractivity contribution in [2.24, 2.45) is 5.73 Å². The fourth-order valence-electron chi connectivity index (χ4n) is 2.81. The lowest BCUT2D eigenvalue weighted by atomic mass is 10.00. The number of aryl methyl sites for hydroxylation is 4. The maximum atomic E-state index is 6.43. The second-order valence-corrected chi connectivity index (χ2v) is 6.58. The molecule has 0 saturated heterocycles. The maximum Gasteiger partial charge on any atom is 0.114 e. The second-order valence-electron chi connectivity index (χ2n) is 5.47. The Hall–Kier alpha value is -1.19. The summed E-state index contributed by atoms with van der Waals surface area (Å²) in [5, 5.41) is 1.08. The number of fused-ring (bicyclic) bond motifs is 1. The monoisotopic (exact) mass is 272 g/mol. The Bertz CT molecular complexity index is 577. The van der Waals surface area contributed by atoms with Gasteiger partial charge in [0.1, 0.15) is 5.01 Å². The quantitative estimate of drug-likeness (QED) is 0.905. The van der Waals surface area contributed by atoms with Crippen LogP contribution in [0, 0.1) is 13.8 Å². The van der Waals surface area contributed by atoms with Crippen LogP contribution in [0.15, 0.2) is 18.2 Å². The average Bonchev–Trinajstić information content (AvgIpc) is 2.81. The number of aromatic nitrogens is 1. The zero-order valence-electron chi connectivity index (χ0n) is 11.6. The number of nitrogens with two attached hydrogens (primary N) is 1. The molecule has 1 heterocycles. The summed E-state index contributed by atoms with van der Waals surface area (Å²) in [6.07, 6.45) is 4.89. The lowest BCUT2D eigenvalue weighted by Crippen LogP contribution is -2.13. The number of hydrogen-bond donors (Lipinski definition) is 1. The molecule has 1 aromatic heterocycles. The maximum absolute atomic E-state index is 6.43. The summed E-state index contributed by atoms with van der Waals surface area (Å²) in [5.41, 5.74) is 11.5. The van der Waals surface area contributed by atoms with Gasteiger partial charge in [0.15, 0.2) is 0 Å². The van der Waals surface area contributed by atoms with E-state index in [1.165, 1.54) is 46.5 Å². The minimum atomic E-state index is -0.0730. The minimum absolute atomic E-state index is 0.0730. The topological polar surface area (TPSA) is 38.9 Å². The highest BCUT2D eigenvalue weighted by molar-refractivity contribution is 7.11. The molecule has 3 rings (SSSR count). The van der Waals surface area contributed by atoms with Crippen LogP contribution in [0.1, 0.15) is 51.2 Å². The molecule has 0 amide bonds. The first-order chi connectivity index (χ1) is 9.15. The number of rotatable bonds is 2. The predicted molar refractivity (Wildman–Crippen MR) is 80.7 cm³/mol. The molecule has 0 fully saturated rings. The standard InChI is InChI=1S/C16H20N2S/c1-10-7-8-12(11(2)9-10)15(17)16-18-13-5-3-4-6-14(13)19-16/h7-9,15H,3-6,17H2,1-2H3. The highest BCUT2D eigenvalue weighted by Gasteiger charge is 2.20. The Morgan fingerprint density at radius 3 is 2.74 bits per heavy atom. The molecule has 2 nitrogen and oxygen atoms in total. The first-order valence-corrected chi connectivity index (χ1v) is 7.78. The molecule has 0 aliphatic heterocycles. The zero-order chi connectivity index (χ0) is 13.4. The summed E-state index contributed by atoms with van der Waals surface area (Å²) in [6.45, 7) is 4.25. The molecule has 100 valence electrons. The van der Waals surface area contributed by atoms with Crippen LogP contribution in [-0.2, 0) is 12.8 Å². The van der Waals surface area contributed by atoms with Crippen molar-refractivity contribution < 1.29 is 0 Å². The molecule has 2 N–H and O–H groups in total. The third-order valence-corrected chi connectivity index (χ3v) is 5.13. The van der Waals surface area contributed by atoms with E-state index in [0.717, 1.165) is 11.4 Å². The Morgan fingerprint density at radius 2 is 2.00 bits per heavy atom. The predicted octanol–water partition coefficient (Wildman–Crippen LogP) is 3.69. The third kappa shape index (κ3) is 2.45. The van der Waals surface area contributed by atoms with Gasteiger partial charge in [-0.15, -0.1) is 11.3 Å². The van der Waals surface area contributed by atoms with Gasteiger partial charge in [0.25, 0.3) is 0 Å². The first kappa shape index (κ1) is 12.8. The van der Waals surface area contributed by atoms with Gasteiger partial charge in [-0.25, -0.2) is 4.98 Å². The highest BCUT2D eigenvalue weighted by Crippen LogP contribution is 2.32. The van der Waals surface area contributed by atoms with Crippen LogP contribution < -0.4 is 5.73 Å². The van der Waals surface area contributed by atoms with Gasteiger partial charge in [-0.2, -0.15) is 0 Å². The molecule has 0 radical (unpaired) electrons. The highest BCUT2D eigenvalue weighted by atomic mass is 32.1. The summed E-state index contributed by atoms with van der Waals surface area (Å²) < 4.78 is 0. The molecule has 1 aliphatic carbocycles. The van der Waals surface area contributed by atoms with Crippen molar-refractivity contribution in [1.82, 2.24) is 4.98 Å². The van der Waals surface area contributed by atoms with E-state index in [-0.39, 0.29) is 6.04 Å². The minimum Gasteiger partial charge on any atom is -0.318 e. The van der Waals surface area contributed by atoms with E-state index in [2.05, 4.69) is 32.0 Å². The fraction of sp³-hybridized carbons (Fsp3) is 0.438. The van der Waals surface area contributed by atoms with E-state index in [4.69, 9.17) is 10.7 Å². The molecular weight excluding hydrogens is 252 g/mol. The number of thiazole rings is 1. The van der Waals surface area contributed by atoms with Crippen molar-refractivity contribution in [1.29, 1.82) is 0 Å². The van der Waals surface area contributed by atoms with E-state index in [9.17, 15) is 0 Å². The van der Waals surface area contributed by atoms with E-state index >= 15 is 0 Å². The molecule has 0 spiro atoms. The molecular formula is C16H20N2S. The van der Waals surface area contributed by atoms with Crippen molar-refractivity contribution >= 4 is 11.3 Å². The van der Waals surface area contributed by atoms with E-state index in [0.29, 0.717) is 0 Å². The Morgan fingerprint density at radius 1 is 1.21 bits per heavy atom. The molecule has 1 aliphatic rings. The van der Waals surface area contributed by atoms with Gasteiger partial charge in [0, 0.05) is 4.88 Å². The molecule has 1 aromatic carbocycles. The Kier molecular flexibility index (Phi) is 3.42. The van der Waals surface area contributed by atoms with E-state index in [1.807, 2.05) is 11.3 Å². The number of nitrogens with zero attached hydrogens (tertiary/aromatic N) is 1. The molecule has 2 aromatic rings. The molecule has 19 heavy (non-hydrogen) atoms. The van der Waals surface area contributed by atoms with Crippen molar-refractivity contribution in [3.05, 3.63) is 50.5 Å². The van der Waals surface area contributed by atoms with Crippen molar-refractivity contribution in [2.45, 2.75) is 45.6 Å². The zero-order valence-corrected chi connectivity index (χ0v) is 12.4. The van der Waals surface area contributed by atoms with Crippen LogP contribution in [0.5, 0.6) is 0 Å². The molecule has 0 saturated carbocycles. The lowest BCUT2D eigenvalue weighted by molar-refractivity contribution is 0.678. The first-order valence-electron chi connectivity index (χ1n) is 6.96. The molecule has 1 atom stereocenters. The Labute approximate surface area is 118 Å². The van der Waals surface area contributed by atoms with Crippen molar-refractivity contribution in [2.75, 3.05) is 0 Å². The van der Waals surface area contributed by atoms with Crippen LogP contribution in [0.4, 0.5) is 0 Å².